The van der Waals surface area contributed by atoms with E-state index < -0.39 is 72.5 Å². The number of aryl methyl sites for hydroxylation is 2. The van der Waals surface area contributed by atoms with Crippen LogP contribution in [0.5, 0.6) is 0 Å². The van der Waals surface area contributed by atoms with Gasteiger partial charge < -0.3 is 40.6 Å². The predicted molar refractivity (Wildman–Crippen MR) is 190 cm³/mol. The van der Waals surface area contributed by atoms with Gasteiger partial charge in [-0.3, -0.25) is 24.0 Å². The second kappa shape index (κ2) is 15.5. The number of thiazole rings is 1. The highest BCUT2D eigenvalue weighted by Crippen LogP contribution is 2.25. The Morgan fingerprint density at radius 1 is 1.06 bits per heavy atom. The van der Waals surface area contributed by atoms with Crippen LogP contribution in [-0.2, 0) is 30.3 Å². The van der Waals surface area contributed by atoms with Crippen molar-refractivity contribution >= 4 is 51.8 Å². The average molecular weight is 722 g/mol. The molecule has 1 aromatic carbocycles. The monoisotopic (exact) mass is 721 g/mol. The van der Waals surface area contributed by atoms with Crippen LogP contribution in [0.1, 0.15) is 65.5 Å². The van der Waals surface area contributed by atoms with E-state index >= 15 is 0 Å². The first kappa shape index (κ1) is 36.5. The van der Waals surface area contributed by atoms with E-state index in [4.69, 9.17) is 4.74 Å². The van der Waals surface area contributed by atoms with Gasteiger partial charge in [-0.05, 0) is 57.1 Å². The minimum Gasteiger partial charge on any atom is -0.388 e. The van der Waals surface area contributed by atoms with Gasteiger partial charge in [-0.15, -0.1) is 11.3 Å². The second-order valence-electron chi connectivity index (χ2n) is 14.2. The zero-order chi connectivity index (χ0) is 36.4. The largest absolute Gasteiger partial charge is 0.388 e. The van der Waals surface area contributed by atoms with Crippen molar-refractivity contribution in [2.24, 2.45) is 5.92 Å². The molecule has 3 fully saturated rings. The number of ether oxygens (including phenoxy) is 1. The summed E-state index contributed by atoms with van der Waals surface area (Å²) < 4.78 is 5.94. The molecule has 0 radical (unpaired) electrons. The molecule has 14 nitrogen and oxygen atoms in total. The van der Waals surface area contributed by atoms with Crippen molar-refractivity contribution in [1.82, 2.24) is 35.7 Å². The minimum atomic E-state index is -1.21. The van der Waals surface area contributed by atoms with Gasteiger partial charge in [0.05, 0.1) is 29.8 Å². The number of nitrogens with one attached hydrogen (secondary N) is 4. The Labute approximate surface area is 300 Å². The Morgan fingerprint density at radius 2 is 1.84 bits per heavy atom. The molecule has 6 atom stereocenters. The number of benzene rings is 1. The van der Waals surface area contributed by atoms with Crippen LogP contribution in [0, 0.1) is 19.8 Å². The number of aliphatic hydroxyl groups is 1. The lowest BCUT2D eigenvalue weighted by Crippen LogP contribution is -2.60. The SMILES string of the molecule is Cc1nc(C)c(C(=O)N2CC(=O)N[C@H](Cc3c[nH]c4ccccc34)C(=O)N3CCC[C@@H]3C(=O)N[C@H](CC(C)C)C(=O)N[C@H]3CCO[C@H](C2)[C@H]3O)s1. The van der Waals surface area contributed by atoms with Crippen molar-refractivity contribution in [2.45, 2.75) is 96.2 Å². The number of amides is 5. The second-order valence-corrected chi connectivity index (χ2v) is 15.4. The third-order valence-corrected chi connectivity index (χ3v) is 11.0. The molecular formula is C36H47N7O7S. The van der Waals surface area contributed by atoms with Crippen LogP contribution < -0.4 is 16.0 Å². The maximum atomic E-state index is 14.4. The molecule has 6 rings (SSSR count). The van der Waals surface area contributed by atoms with E-state index in [0.717, 1.165) is 16.5 Å². The van der Waals surface area contributed by atoms with Gasteiger partial charge in [-0.1, -0.05) is 32.0 Å². The molecular weight excluding hydrogens is 675 g/mol. The summed E-state index contributed by atoms with van der Waals surface area (Å²) >= 11 is 1.21. The molecule has 3 aliphatic rings. The standard InChI is InChI=1S/C36H47N7O7S/c1-19(2)14-26-33(46)40-25-11-13-50-29(31(25)45)17-42(36(49)32-20(3)38-21(4)51-32)18-30(44)39-27(15-22-16-37-24-9-6-5-8-23(22)24)35(48)43-12-7-10-28(43)34(47)41-26/h5-6,8-9,16,19,25-29,31,37,45H,7,10-15,17-18H2,1-4H3,(H,39,44)(H,40,46)(H,41,47)/t25-,26+,27+,28+,29+,31-/m0/s1. The van der Waals surface area contributed by atoms with Gasteiger partial charge in [-0.25, -0.2) is 4.98 Å². The number of H-pyrrole nitrogens is 1. The summed E-state index contributed by atoms with van der Waals surface area (Å²) in [7, 11) is 0. The molecule has 0 aliphatic carbocycles. The average Bonchev–Trinajstić information content (AvgIpc) is 3.83. The van der Waals surface area contributed by atoms with Crippen molar-refractivity contribution in [2.75, 3.05) is 26.2 Å². The lowest BCUT2D eigenvalue weighted by molar-refractivity contribution is -0.142. The molecule has 15 heteroatoms. The summed E-state index contributed by atoms with van der Waals surface area (Å²) in [6.45, 7) is 7.32. The number of fused-ring (bicyclic) bond motifs is 4. The first-order valence-corrected chi connectivity index (χ1v) is 18.5. The van der Waals surface area contributed by atoms with E-state index in [1.165, 1.54) is 21.1 Å². The highest BCUT2D eigenvalue weighted by molar-refractivity contribution is 7.13. The van der Waals surface area contributed by atoms with Crippen LogP contribution >= 0.6 is 11.3 Å². The van der Waals surface area contributed by atoms with Crippen LogP contribution in [-0.4, -0.2) is 117 Å². The molecule has 5 heterocycles. The Balaban J connectivity index is 1.38. The number of aromatic amines is 1. The van der Waals surface area contributed by atoms with E-state index in [2.05, 4.69) is 25.9 Å². The van der Waals surface area contributed by atoms with E-state index in [-0.39, 0.29) is 25.5 Å². The number of nitrogens with zero attached hydrogens (tertiary/aromatic N) is 3. The normalized spacial score (nSPS) is 26.9. The number of aromatic nitrogens is 2. The quantitative estimate of drug-likeness (QED) is 0.263. The Kier molecular flexibility index (Phi) is 11.1. The van der Waals surface area contributed by atoms with Crippen LogP contribution in [0.25, 0.3) is 10.9 Å². The summed E-state index contributed by atoms with van der Waals surface area (Å²) in [5.74, 6) is -2.31. The number of hydrogen-bond acceptors (Lipinski definition) is 9. The fourth-order valence-corrected chi connectivity index (χ4v) is 8.28. The zero-order valence-corrected chi connectivity index (χ0v) is 30.3. The molecule has 2 aromatic heterocycles. The molecule has 3 aliphatic heterocycles. The van der Waals surface area contributed by atoms with Crippen LogP contribution in [0.4, 0.5) is 0 Å². The minimum absolute atomic E-state index is 0.0537. The highest BCUT2D eigenvalue weighted by atomic mass is 32.1. The maximum Gasteiger partial charge on any atom is 0.266 e. The molecule has 51 heavy (non-hydrogen) atoms. The number of hydrogen-bond donors (Lipinski definition) is 5. The predicted octanol–water partition coefficient (Wildman–Crippen LogP) is 1.58. The number of aliphatic hydroxyl groups excluding tert-OH is 1. The third-order valence-electron chi connectivity index (χ3n) is 9.91. The molecule has 3 aromatic rings. The van der Waals surface area contributed by atoms with Gasteiger partial charge in [0.15, 0.2) is 0 Å². The first-order chi connectivity index (χ1) is 24.4. The Morgan fingerprint density at radius 3 is 2.59 bits per heavy atom. The fraction of sp³-hybridized carbons (Fsp3) is 0.556. The van der Waals surface area contributed by atoms with E-state index in [1.807, 2.05) is 38.1 Å². The van der Waals surface area contributed by atoms with Crippen LogP contribution in [0.15, 0.2) is 30.5 Å². The van der Waals surface area contributed by atoms with Crippen LogP contribution in [0.3, 0.4) is 0 Å². The summed E-state index contributed by atoms with van der Waals surface area (Å²) in [6, 6.07) is 4.11. The van der Waals surface area contributed by atoms with E-state index in [9.17, 15) is 29.1 Å². The van der Waals surface area contributed by atoms with Crippen LogP contribution in [0.2, 0.25) is 0 Å². The van der Waals surface area contributed by atoms with E-state index in [0.29, 0.717) is 47.8 Å². The summed E-state index contributed by atoms with van der Waals surface area (Å²) in [4.78, 5) is 80.8. The molecule has 274 valence electrons. The van der Waals surface area contributed by atoms with Gasteiger partial charge >= 0.3 is 0 Å². The van der Waals surface area contributed by atoms with Crippen molar-refractivity contribution in [3.63, 3.8) is 0 Å². The van der Waals surface area contributed by atoms with Crippen molar-refractivity contribution in [1.29, 1.82) is 0 Å². The van der Waals surface area contributed by atoms with Gasteiger partial charge in [0, 0.05) is 36.7 Å². The fourth-order valence-electron chi connectivity index (χ4n) is 7.39. The van der Waals surface area contributed by atoms with Crippen molar-refractivity contribution in [3.05, 3.63) is 51.6 Å². The first-order valence-electron chi connectivity index (χ1n) is 17.7. The smallest absolute Gasteiger partial charge is 0.266 e. The number of carbonyl (C=O) groups is 5. The molecule has 3 saturated heterocycles. The van der Waals surface area contributed by atoms with Gasteiger partial charge in [-0.2, -0.15) is 0 Å². The molecule has 2 bridgehead atoms. The molecule has 0 unspecified atom stereocenters. The Hall–Kier alpha value is -4.34. The lowest BCUT2D eigenvalue weighted by Gasteiger charge is -2.38. The third kappa shape index (κ3) is 8.10. The van der Waals surface area contributed by atoms with Gasteiger partial charge in [0.1, 0.15) is 35.2 Å². The molecule has 5 amide bonds. The molecule has 5 N–H and O–H groups in total. The maximum absolute atomic E-state index is 14.4. The summed E-state index contributed by atoms with van der Waals surface area (Å²) in [5.41, 5.74) is 2.19. The summed E-state index contributed by atoms with van der Waals surface area (Å²) in [6.07, 6.45) is 1.42. The zero-order valence-electron chi connectivity index (χ0n) is 29.4. The summed E-state index contributed by atoms with van der Waals surface area (Å²) in [5, 5.41) is 21.8. The topological polar surface area (TPSA) is 186 Å². The van der Waals surface area contributed by atoms with Crippen molar-refractivity contribution in [3.8, 4) is 0 Å². The molecule has 0 saturated carbocycles. The number of para-hydroxylation sites is 1. The lowest BCUT2D eigenvalue weighted by atomic mass is 9.97. The Bertz CT molecular complexity index is 1790. The molecule has 0 spiro atoms. The number of rotatable bonds is 5. The highest BCUT2D eigenvalue weighted by Gasteiger charge is 2.42. The van der Waals surface area contributed by atoms with E-state index in [1.54, 1.807) is 20.0 Å². The number of carbonyl (C=O) groups excluding carboxylic acids is 5. The van der Waals surface area contributed by atoms with Crippen molar-refractivity contribution < 1.29 is 33.8 Å². The van der Waals surface area contributed by atoms with Gasteiger partial charge in [0.25, 0.3) is 5.91 Å². The van der Waals surface area contributed by atoms with Gasteiger partial charge in [0.2, 0.25) is 23.6 Å².